The Morgan fingerprint density at radius 2 is 2.33 bits per heavy atom. The number of hydrogen-bond acceptors (Lipinski definition) is 3. The second kappa shape index (κ2) is 3.61. The van der Waals surface area contributed by atoms with E-state index in [1.165, 1.54) is 0 Å². The van der Waals surface area contributed by atoms with Gasteiger partial charge in [-0.15, -0.1) is 0 Å². The van der Waals surface area contributed by atoms with Gasteiger partial charge < -0.3 is 15.2 Å². The maximum atomic E-state index is 11.0. The molecule has 0 fully saturated rings. The molecule has 2 N–H and O–H groups in total. The van der Waals surface area contributed by atoms with Crippen molar-refractivity contribution >= 4 is 17.6 Å². The number of amides is 1. The molecule has 5 heteroatoms. The van der Waals surface area contributed by atoms with E-state index in [1.54, 1.807) is 18.2 Å². The highest BCUT2D eigenvalue weighted by Crippen LogP contribution is 2.27. The van der Waals surface area contributed by atoms with Gasteiger partial charge in [-0.1, -0.05) is 6.07 Å². The van der Waals surface area contributed by atoms with Crippen LogP contribution in [0.5, 0.6) is 5.75 Å². The van der Waals surface area contributed by atoms with Crippen molar-refractivity contribution in [1.82, 2.24) is 0 Å². The zero-order chi connectivity index (χ0) is 10.8. The van der Waals surface area contributed by atoms with Crippen molar-refractivity contribution in [3.05, 3.63) is 23.8 Å². The van der Waals surface area contributed by atoms with Crippen LogP contribution in [0.15, 0.2) is 18.2 Å². The Labute approximate surface area is 85.7 Å². The summed E-state index contributed by atoms with van der Waals surface area (Å²) in [5.74, 6) is -0.640. The van der Waals surface area contributed by atoms with Crippen LogP contribution in [0.1, 0.15) is 5.56 Å². The van der Waals surface area contributed by atoms with Gasteiger partial charge in [-0.05, 0) is 11.6 Å². The quantitative estimate of drug-likeness (QED) is 0.762. The first-order valence-corrected chi connectivity index (χ1v) is 4.42. The molecule has 0 spiro atoms. The van der Waals surface area contributed by atoms with Crippen molar-refractivity contribution in [2.24, 2.45) is 0 Å². The van der Waals surface area contributed by atoms with E-state index in [2.05, 4.69) is 5.32 Å². The van der Waals surface area contributed by atoms with E-state index in [0.717, 1.165) is 5.56 Å². The highest BCUT2D eigenvalue weighted by Gasteiger charge is 2.17. The Balaban J connectivity index is 2.13. The van der Waals surface area contributed by atoms with Gasteiger partial charge >= 0.3 is 5.97 Å². The van der Waals surface area contributed by atoms with Crippen molar-refractivity contribution in [2.75, 3.05) is 11.9 Å². The third-order valence-corrected chi connectivity index (χ3v) is 2.07. The third-order valence-electron chi connectivity index (χ3n) is 2.07. The van der Waals surface area contributed by atoms with Gasteiger partial charge in [0.05, 0.1) is 6.42 Å². The summed E-state index contributed by atoms with van der Waals surface area (Å²) in [6.45, 7) is -0.382. The Morgan fingerprint density at radius 3 is 3.07 bits per heavy atom. The highest BCUT2D eigenvalue weighted by atomic mass is 16.5. The maximum Gasteiger partial charge on any atom is 0.341 e. The van der Waals surface area contributed by atoms with Crippen LogP contribution in [0.3, 0.4) is 0 Å². The van der Waals surface area contributed by atoms with Crippen LogP contribution in [0, 0.1) is 0 Å². The van der Waals surface area contributed by atoms with Crippen LogP contribution >= 0.6 is 0 Å². The van der Waals surface area contributed by atoms with Gasteiger partial charge in [-0.2, -0.15) is 0 Å². The van der Waals surface area contributed by atoms with E-state index < -0.39 is 5.97 Å². The van der Waals surface area contributed by atoms with E-state index in [9.17, 15) is 9.59 Å². The van der Waals surface area contributed by atoms with Crippen molar-refractivity contribution in [3.8, 4) is 5.75 Å². The largest absolute Gasteiger partial charge is 0.482 e. The normalized spacial score (nSPS) is 13.2. The number of anilines is 1. The number of rotatable bonds is 3. The van der Waals surface area contributed by atoms with Gasteiger partial charge in [0.25, 0.3) is 0 Å². The lowest BCUT2D eigenvalue weighted by molar-refractivity contribution is -0.139. The second-order valence-electron chi connectivity index (χ2n) is 3.23. The van der Waals surface area contributed by atoms with Gasteiger partial charge in [-0.25, -0.2) is 4.79 Å². The van der Waals surface area contributed by atoms with E-state index in [0.29, 0.717) is 17.9 Å². The first-order chi connectivity index (χ1) is 7.15. The summed E-state index contributed by atoms with van der Waals surface area (Å²) in [6, 6.07) is 5.04. The number of hydrogen-bond donors (Lipinski definition) is 2. The summed E-state index contributed by atoms with van der Waals surface area (Å²) < 4.78 is 4.98. The van der Waals surface area contributed by atoms with Crippen LogP contribution in [0.4, 0.5) is 5.69 Å². The monoisotopic (exact) mass is 207 g/mol. The second-order valence-corrected chi connectivity index (χ2v) is 3.23. The van der Waals surface area contributed by atoms with Crippen LogP contribution in [0.2, 0.25) is 0 Å². The lowest BCUT2D eigenvalue weighted by atomic mass is 10.1. The lowest BCUT2D eigenvalue weighted by Crippen LogP contribution is -2.09. The number of aliphatic carboxylic acids is 1. The molecule has 0 radical (unpaired) electrons. The molecule has 0 atom stereocenters. The van der Waals surface area contributed by atoms with Crippen LogP contribution in [-0.4, -0.2) is 23.6 Å². The number of carboxylic acids is 1. The molecule has 15 heavy (non-hydrogen) atoms. The zero-order valence-corrected chi connectivity index (χ0v) is 7.82. The van der Waals surface area contributed by atoms with Gasteiger partial charge in [0.2, 0.25) is 5.91 Å². The van der Waals surface area contributed by atoms with Crippen molar-refractivity contribution in [1.29, 1.82) is 0 Å². The van der Waals surface area contributed by atoms with Gasteiger partial charge in [-0.3, -0.25) is 4.79 Å². The molecule has 0 unspecified atom stereocenters. The molecule has 1 amide bonds. The molecule has 0 saturated heterocycles. The highest BCUT2D eigenvalue weighted by molar-refractivity contribution is 5.99. The smallest absolute Gasteiger partial charge is 0.341 e. The SMILES string of the molecule is O=C(O)COc1ccc2c(c1)NC(=O)C2. The Morgan fingerprint density at radius 1 is 1.53 bits per heavy atom. The molecule has 0 aliphatic carbocycles. The molecule has 78 valence electrons. The first-order valence-electron chi connectivity index (χ1n) is 4.42. The predicted molar refractivity (Wildman–Crippen MR) is 51.9 cm³/mol. The molecular weight excluding hydrogens is 198 g/mol. The van der Waals surface area contributed by atoms with Crippen LogP contribution in [0.25, 0.3) is 0 Å². The fourth-order valence-corrected chi connectivity index (χ4v) is 1.43. The number of nitrogens with one attached hydrogen (secondary N) is 1. The summed E-state index contributed by atoms with van der Waals surface area (Å²) in [6.07, 6.45) is 0.370. The predicted octanol–water partition coefficient (Wildman–Crippen LogP) is 0.645. The lowest BCUT2D eigenvalue weighted by Gasteiger charge is -2.04. The van der Waals surface area contributed by atoms with E-state index in [-0.39, 0.29) is 12.5 Å². The van der Waals surface area contributed by atoms with Crippen molar-refractivity contribution < 1.29 is 19.4 Å². The molecule has 1 heterocycles. The first kappa shape index (κ1) is 9.51. The Hall–Kier alpha value is -2.04. The van der Waals surface area contributed by atoms with E-state index >= 15 is 0 Å². The average molecular weight is 207 g/mol. The summed E-state index contributed by atoms with van der Waals surface area (Å²) in [5.41, 5.74) is 1.60. The van der Waals surface area contributed by atoms with Gasteiger partial charge in [0, 0.05) is 11.8 Å². The molecule has 1 aromatic rings. The molecule has 1 aliphatic rings. The molecule has 1 aromatic carbocycles. The average Bonchev–Trinajstić information content (AvgIpc) is 2.53. The zero-order valence-electron chi connectivity index (χ0n) is 7.82. The van der Waals surface area contributed by atoms with Crippen LogP contribution in [-0.2, 0) is 16.0 Å². The summed E-state index contributed by atoms with van der Waals surface area (Å²) in [7, 11) is 0. The molecule has 0 bridgehead atoms. The number of ether oxygens (including phenoxy) is 1. The summed E-state index contributed by atoms with van der Waals surface area (Å²) in [5, 5.41) is 11.1. The van der Waals surface area contributed by atoms with Crippen molar-refractivity contribution in [2.45, 2.75) is 6.42 Å². The minimum Gasteiger partial charge on any atom is -0.482 e. The minimum atomic E-state index is -1.03. The number of fused-ring (bicyclic) bond motifs is 1. The number of benzene rings is 1. The molecule has 0 saturated carbocycles. The molecule has 0 aromatic heterocycles. The maximum absolute atomic E-state index is 11.0. The van der Waals surface area contributed by atoms with Crippen LogP contribution < -0.4 is 10.1 Å². The van der Waals surface area contributed by atoms with Gasteiger partial charge in [0.15, 0.2) is 6.61 Å². The van der Waals surface area contributed by atoms with E-state index in [1.807, 2.05) is 0 Å². The number of carboxylic acid groups (broad SMARTS) is 1. The molecule has 5 nitrogen and oxygen atoms in total. The van der Waals surface area contributed by atoms with Crippen molar-refractivity contribution in [3.63, 3.8) is 0 Å². The fourth-order valence-electron chi connectivity index (χ4n) is 1.43. The Bertz CT molecular complexity index is 427. The minimum absolute atomic E-state index is 0.0552. The summed E-state index contributed by atoms with van der Waals surface area (Å²) in [4.78, 5) is 21.3. The molecule has 2 rings (SSSR count). The molecular formula is C10H9NO4. The number of carbonyl (C=O) groups is 2. The van der Waals surface area contributed by atoms with E-state index in [4.69, 9.17) is 9.84 Å². The summed E-state index contributed by atoms with van der Waals surface area (Å²) >= 11 is 0. The molecule has 1 aliphatic heterocycles. The Kier molecular flexibility index (Phi) is 2.29. The third kappa shape index (κ3) is 2.07. The number of carbonyl (C=O) groups excluding carboxylic acids is 1. The topological polar surface area (TPSA) is 75.6 Å². The fraction of sp³-hybridized carbons (Fsp3) is 0.200. The standard InChI is InChI=1S/C10H9NO4/c12-9-3-6-1-2-7(4-8(6)11-9)15-5-10(13)14/h1-2,4H,3,5H2,(H,11,12)(H,13,14). The van der Waals surface area contributed by atoms with Gasteiger partial charge in [0.1, 0.15) is 5.75 Å².